The van der Waals surface area contributed by atoms with Gasteiger partial charge in [-0.1, -0.05) is 43.7 Å². The van der Waals surface area contributed by atoms with E-state index in [2.05, 4.69) is 11.9 Å². The van der Waals surface area contributed by atoms with Crippen LogP contribution in [0, 0.1) is 0 Å². The highest BCUT2D eigenvalue weighted by atomic mass is 16.5. The second kappa shape index (κ2) is 7.43. The first-order valence-electron chi connectivity index (χ1n) is 6.99. The average Bonchev–Trinajstić information content (AvgIpc) is 2.54. The third kappa shape index (κ3) is 4.05. The molecule has 0 unspecified atom stereocenters. The molecule has 1 aromatic carbocycles. The molecule has 110 valence electrons. The van der Waals surface area contributed by atoms with E-state index in [4.69, 9.17) is 9.47 Å². The molecule has 0 aliphatic heterocycles. The minimum absolute atomic E-state index is 0.313. The summed E-state index contributed by atoms with van der Waals surface area (Å²) in [6.07, 6.45) is 1.69. The molecule has 0 radical (unpaired) electrons. The SMILES string of the molecule is CCCc1nc(C(=O)OC)ccc1OCc1ccccc1. The van der Waals surface area contributed by atoms with E-state index in [0.29, 0.717) is 18.1 Å². The number of carbonyl (C=O) groups excluding carboxylic acids is 1. The molecule has 0 bridgehead atoms. The predicted molar refractivity (Wildman–Crippen MR) is 80.3 cm³/mol. The Labute approximate surface area is 124 Å². The largest absolute Gasteiger partial charge is 0.487 e. The summed E-state index contributed by atoms with van der Waals surface area (Å²) in [5.74, 6) is 0.287. The maximum atomic E-state index is 11.5. The van der Waals surface area contributed by atoms with E-state index in [1.165, 1.54) is 7.11 Å². The highest BCUT2D eigenvalue weighted by molar-refractivity contribution is 5.87. The van der Waals surface area contributed by atoms with E-state index < -0.39 is 5.97 Å². The molecular formula is C17H19NO3. The quantitative estimate of drug-likeness (QED) is 0.763. The molecule has 1 heterocycles. The first-order chi connectivity index (χ1) is 10.2. The lowest BCUT2D eigenvalue weighted by atomic mass is 10.2. The fourth-order valence-electron chi connectivity index (χ4n) is 1.99. The topological polar surface area (TPSA) is 48.4 Å². The van der Waals surface area contributed by atoms with Crippen molar-refractivity contribution < 1.29 is 14.3 Å². The number of aromatic nitrogens is 1. The van der Waals surface area contributed by atoms with Gasteiger partial charge >= 0.3 is 5.97 Å². The Hall–Kier alpha value is -2.36. The third-order valence-electron chi connectivity index (χ3n) is 3.05. The molecule has 2 rings (SSSR count). The molecular weight excluding hydrogens is 266 g/mol. The van der Waals surface area contributed by atoms with Crippen molar-refractivity contribution >= 4 is 5.97 Å². The van der Waals surface area contributed by atoms with Crippen LogP contribution in [0.25, 0.3) is 0 Å². The van der Waals surface area contributed by atoms with E-state index in [9.17, 15) is 4.79 Å². The van der Waals surface area contributed by atoms with Crippen LogP contribution in [-0.2, 0) is 17.8 Å². The van der Waals surface area contributed by atoms with Gasteiger partial charge in [-0.3, -0.25) is 0 Å². The Kier molecular flexibility index (Phi) is 5.32. The second-order valence-electron chi connectivity index (χ2n) is 4.66. The summed E-state index contributed by atoms with van der Waals surface area (Å²) < 4.78 is 10.5. The zero-order valence-electron chi connectivity index (χ0n) is 12.3. The summed E-state index contributed by atoms with van der Waals surface area (Å²) in [6.45, 7) is 2.55. The lowest BCUT2D eigenvalue weighted by molar-refractivity contribution is 0.0593. The Balaban J connectivity index is 2.16. The summed E-state index contributed by atoms with van der Waals surface area (Å²) in [5, 5.41) is 0. The van der Waals surface area contributed by atoms with Gasteiger partial charge in [-0.25, -0.2) is 9.78 Å². The average molecular weight is 285 g/mol. The maximum Gasteiger partial charge on any atom is 0.356 e. The van der Waals surface area contributed by atoms with Crippen molar-refractivity contribution in [2.45, 2.75) is 26.4 Å². The number of benzene rings is 1. The number of rotatable bonds is 6. The smallest absolute Gasteiger partial charge is 0.356 e. The van der Waals surface area contributed by atoms with Crippen LogP contribution in [0.3, 0.4) is 0 Å². The lowest BCUT2D eigenvalue weighted by Crippen LogP contribution is -2.08. The molecule has 0 saturated heterocycles. The zero-order chi connectivity index (χ0) is 15.1. The Morgan fingerprint density at radius 2 is 1.90 bits per heavy atom. The molecule has 0 amide bonds. The van der Waals surface area contributed by atoms with Crippen molar-refractivity contribution in [1.29, 1.82) is 0 Å². The normalized spacial score (nSPS) is 10.2. The molecule has 0 aliphatic rings. The Morgan fingerprint density at radius 1 is 1.14 bits per heavy atom. The van der Waals surface area contributed by atoms with Gasteiger partial charge in [-0.2, -0.15) is 0 Å². The van der Waals surface area contributed by atoms with Crippen LogP contribution in [0.4, 0.5) is 0 Å². The molecule has 0 fully saturated rings. The number of nitrogens with zero attached hydrogens (tertiary/aromatic N) is 1. The van der Waals surface area contributed by atoms with Crippen LogP contribution < -0.4 is 4.74 Å². The van der Waals surface area contributed by atoms with Gasteiger partial charge in [-0.15, -0.1) is 0 Å². The van der Waals surface area contributed by atoms with Gasteiger partial charge in [0.2, 0.25) is 0 Å². The first-order valence-corrected chi connectivity index (χ1v) is 6.99. The number of pyridine rings is 1. The van der Waals surface area contributed by atoms with E-state index in [1.807, 2.05) is 30.3 Å². The molecule has 0 saturated carbocycles. The summed E-state index contributed by atoms with van der Waals surface area (Å²) >= 11 is 0. The summed E-state index contributed by atoms with van der Waals surface area (Å²) in [7, 11) is 1.35. The molecule has 21 heavy (non-hydrogen) atoms. The molecule has 1 aromatic heterocycles. The summed E-state index contributed by atoms with van der Waals surface area (Å²) in [5.41, 5.74) is 2.20. The monoisotopic (exact) mass is 285 g/mol. The van der Waals surface area contributed by atoms with Crippen LogP contribution in [0.1, 0.15) is 35.1 Å². The highest BCUT2D eigenvalue weighted by Gasteiger charge is 2.12. The summed E-state index contributed by atoms with van der Waals surface area (Å²) in [4.78, 5) is 15.9. The van der Waals surface area contributed by atoms with Crippen LogP contribution >= 0.6 is 0 Å². The second-order valence-corrected chi connectivity index (χ2v) is 4.66. The maximum absolute atomic E-state index is 11.5. The number of ether oxygens (including phenoxy) is 2. The third-order valence-corrected chi connectivity index (χ3v) is 3.05. The minimum atomic E-state index is -0.429. The molecule has 0 atom stereocenters. The molecule has 0 aliphatic carbocycles. The van der Waals surface area contributed by atoms with Crippen LogP contribution in [0.5, 0.6) is 5.75 Å². The van der Waals surface area contributed by atoms with Crippen molar-refractivity contribution in [3.8, 4) is 5.75 Å². The summed E-state index contributed by atoms with van der Waals surface area (Å²) in [6, 6.07) is 13.4. The van der Waals surface area contributed by atoms with Crippen molar-refractivity contribution in [1.82, 2.24) is 4.98 Å². The lowest BCUT2D eigenvalue weighted by Gasteiger charge is -2.11. The van der Waals surface area contributed by atoms with Gasteiger partial charge in [0.05, 0.1) is 12.8 Å². The number of hydrogen-bond donors (Lipinski definition) is 0. The van der Waals surface area contributed by atoms with Gasteiger partial charge in [-0.05, 0) is 24.1 Å². The van der Waals surface area contributed by atoms with E-state index in [1.54, 1.807) is 12.1 Å². The van der Waals surface area contributed by atoms with Gasteiger partial charge in [0.25, 0.3) is 0 Å². The van der Waals surface area contributed by atoms with Gasteiger partial charge in [0.15, 0.2) is 0 Å². The molecule has 4 nitrogen and oxygen atoms in total. The highest BCUT2D eigenvalue weighted by Crippen LogP contribution is 2.20. The van der Waals surface area contributed by atoms with E-state index in [-0.39, 0.29) is 0 Å². The number of esters is 1. The molecule has 0 N–H and O–H groups in total. The van der Waals surface area contributed by atoms with Crippen molar-refractivity contribution in [3.63, 3.8) is 0 Å². The van der Waals surface area contributed by atoms with Crippen LogP contribution in [0.15, 0.2) is 42.5 Å². The number of carbonyl (C=O) groups is 1. The minimum Gasteiger partial charge on any atom is -0.487 e. The molecule has 2 aromatic rings. The van der Waals surface area contributed by atoms with Crippen molar-refractivity contribution in [2.24, 2.45) is 0 Å². The van der Waals surface area contributed by atoms with E-state index >= 15 is 0 Å². The van der Waals surface area contributed by atoms with Crippen LogP contribution in [0.2, 0.25) is 0 Å². The van der Waals surface area contributed by atoms with Gasteiger partial charge in [0.1, 0.15) is 18.1 Å². The number of hydrogen-bond acceptors (Lipinski definition) is 4. The van der Waals surface area contributed by atoms with E-state index in [0.717, 1.165) is 24.1 Å². The Bertz CT molecular complexity index is 596. The van der Waals surface area contributed by atoms with Gasteiger partial charge < -0.3 is 9.47 Å². The number of methoxy groups -OCH3 is 1. The molecule has 0 spiro atoms. The van der Waals surface area contributed by atoms with Gasteiger partial charge in [0, 0.05) is 0 Å². The Morgan fingerprint density at radius 3 is 2.57 bits per heavy atom. The predicted octanol–water partition coefficient (Wildman–Crippen LogP) is 3.40. The first kappa shape index (κ1) is 15.0. The fourth-order valence-corrected chi connectivity index (χ4v) is 1.99. The number of aryl methyl sites for hydroxylation is 1. The van der Waals surface area contributed by atoms with Crippen molar-refractivity contribution in [3.05, 3.63) is 59.4 Å². The standard InChI is InChI=1S/C17H19NO3/c1-3-7-14-16(11-10-15(18-14)17(19)20-2)21-12-13-8-5-4-6-9-13/h4-6,8-11H,3,7,12H2,1-2H3. The zero-order valence-corrected chi connectivity index (χ0v) is 12.3. The van der Waals surface area contributed by atoms with Crippen molar-refractivity contribution in [2.75, 3.05) is 7.11 Å². The van der Waals surface area contributed by atoms with Crippen LogP contribution in [-0.4, -0.2) is 18.1 Å². The molecule has 4 heteroatoms. The fraction of sp³-hybridized carbons (Fsp3) is 0.294.